The molecule has 3 unspecified atom stereocenters. The Morgan fingerprint density at radius 1 is 0.619 bits per heavy atom. The van der Waals surface area contributed by atoms with Crippen molar-refractivity contribution in [3.63, 3.8) is 0 Å². The molecule has 4 saturated carbocycles. The molecule has 3 N–H and O–H groups in total. The van der Waals surface area contributed by atoms with Gasteiger partial charge in [0.05, 0.1) is 51.1 Å². The van der Waals surface area contributed by atoms with Crippen molar-refractivity contribution in [3.8, 4) is 0 Å². The minimum Gasteiger partial charge on any atom is -0.378 e. The number of nitrogens with one attached hydrogen (secondary N) is 3. The Kier molecular flexibility index (Phi) is 30.6. The summed E-state index contributed by atoms with van der Waals surface area (Å²) >= 11 is 6.36. The predicted molar refractivity (Wildman–Crippen MR) is 376 cm³/mol. The maximum atomic E-state index is 15.6. The van der Waals surface area contributed by atoms with Crippen LogP contribution >= 0.6 is 11.6 Å². The van der Waals surface area contributed by atoms with Crippen molar-refractivity contribution in [2.45, 2.75) is 248 Å². The molecule has 3 saturated heterocycles. The zero-order chi connectivity index (χ0) is 77.7. The van der Waals surface area contributed by atoms with Gasteiger partial charge in [0.15, 0.2) is 0 Å². The van der Waals surface area contributed by atoms with E-state index < -0.39 is 198 Å². The van der Waals surface area contributed by atoms with E-state index in [1.54, 1.807) is 13.8 Å². The maximum Gasteiger partial charge on any atom is 0.393 e. The third-order valence-corrected chi connectivity index (χ3v) is 24.0. The lowest BCUT2D eigenvalue weighted by molar-refractivity contribution is -0.184. The Bertz CT molecular complexity index is 3070. The molecule has 1 spiro atoms. The number of alkyl halides is 7. The maximum absolute atomic E-state index is 15.6. The van der Waals surface area contributed by atoms with Crippen LogP contribution in [0.2, 0.25) is 0 Å². The first-order chi connectivity index (χ1) is 49.3. The standard InChI is InChI=1S/C73H115ClF6N12O13/c1-12-31-91-56(39-47-20-24-49(25-21-47)72(75,76)77)66(100)85(7)41-57(93)81-52(27-23-46-22-26-50(51(74)38-46)73(78,79)80)64(98)84(6)42-58(94)83-71(29-16-17-30-71)70(104)89(11)62(48-18-14-15-19-48)69(103)88(10)55(67(101)90-33-35-105-36-34-90)40-59(95)87(9)54(37-44(3)4)63(97)82-61(45(5)13-2)68(102)92-32-28-53(92)65(99)86(8)43-60(91)96/h44-56,61-62H,12-43H2,1-11H3,(H,81,93)(H,82,97)(H,83,94)/t45-,46?,47?,49?,50?,51?,52-,53-,54-,55-,56-,61-,62-/m0/s1. The fourth-order valence-electron chi connectivity index (χ4n) is 16.8. The normalized spacial score (nSPS) is 30.4. The van der Waals surface area contributed by atoms with Gasteiger partial charge in [-0.1, -0.05) is 66.7 Å². The highest BCUT2D eigenvalue weighted by atomic mass is 35.5. The van der Waals surface area contributed by atoms with E-state index in [4.69, 9.17) is 16.3 Å². The lowest BCUT2D eigenvalue weighted by atomic mass is 9.78. The number of halogens is 7. The van der Waals surface area contributed by atoms with Gasteiger partial charge in [0.25, 0.3) is 0 Å². The number of nitrogens with zero attached hydrogens (tertiary/aromatic N) is 9. The molecule has 7 rings (SSSR count). The van der Waals surface area contributed by atoms with Gasteiger partial charge in [0.2, 0.25) is 70.9 Å². The number of carbonyl (C=O) groups excluding carboxylic acids is 12. The van der Waals surface area contributed by atoms with E-state index in [1.165, 1.54) is 71.7 Å². The summed E-state index contributed by atoms with van der Waals surface area (Å²) in [4.78, 5) is 191. The van der Waals surface area contributed by atoms with Crippen LogP contribution in [-0.4, -0.2) is 282 Å². The second-order valence-corrected chi connectivity index (χ2v) is 32.0. The average Bonchev–Trinajstić information content (AvgIpc) is 1.74. The molecule has 0 aromatic heterocycles. The topological polar surface area (TPSA) is 279 Å². The van der Waals surface area contributed by atoms with Gasteiger partial charge < -0.3 is 64.8 Å². The van der Waals surface area contributed by atoms with Gasteiger partial charge in [-0.05, 0) is 139 Å². The first-order valence-corrected chi connectivity index (χ1v) is 38.5. The first kappa shape index (κ1) is 85.7. The molecule has 4 aliphatic carbocycles. The van der Waals surface area contributed by atoms with Crippen LogP contribution in [0.15, 0.2) is 0 Å². The second kappa shape index (κ2) is 37.5. The number of hydrogen-bond acceptors (Lipinski definition) is 13. The predicted octanol–water partition coefficient (Wildman–Crippen LogP) is 6.12. The molecular formula is C73H115ClF6N12O13. The van der Waals surface area contributed by atoms with E-state index >= 15 is 24.0 Å². The van der Waals surface area contributed by atoms with E-state index in [0.717, 1.165) is 14.7 Å². The molecule has 3 heterocycles. The Hall–Kier alpha value is -6.53. The van der Waals surface area contributed by atoms with Gasteiger partial charge in [-0.25, -0.2) is 0 Å². The molecule has 11 atom stereocenters. The van der Waals surface area contributed by atoms with Crippen molar-refractivity contribution in [2.24, 2.45) is 41.4 Å². The Morgan fingerprint density at radius 3 is 1.78 bits per heavy atom. The average molecular weight is 1520 g/mol. The zero-order valence-corrected chi connectivity index (χ0v) is 64.0. The molecule has 32 heteroatoms. The van der Waals surface area contributed by atoms with E-state index in [9.17, 15) is 59.9 Å². The summed E-state index contributed by atoms with van der Waals surface area (Å²) in [5.74, 6) is -14.1. The molecule has 0 aromatic rings. The number of fused-ring (bicyclic) bond motifs is 1. The number of rotatable bonds is 13. The summed E-state index contributed by atoms with van der Waals surface area (Å²) < 4.78 is 89.7. The Balaban J connectivity index is 1.28. The summed E-state index contributed by atoms with van der Waals surface area (Å²) in [6, 6.07) is -9.16. The van der Waals surface area contributed by atoms with E-state index in [0.29, 0.717) is 44.9 Å². The summed E-state index contributed by atoms with van der Waals surface area (Å²) in [7, 11) is 8.17. The third kappa shape index (κ3) is 21.7. The summed E-state index contributed by atoms with van der Waals surface area (Å²) in [5.41, 5.74) is -1.62. The van der Waals surface area contributed by atoms with Gasteiger partial charge in [0, 0.05) is 73.8 Å². The van der Waals surface area contributed by atoms with Crippen molar-refractivity contribution in [3.05, 3.63) is 0 Å². The van der Waals surface area contributed by atoms with Crippen LogP contribution in [0.4, 0.5) is 26.3 Å². The minimum absolute atomic E-state index is 0.0472. The summed E-state index contributed by atoms with van der Waals surface area (Å²) in [6.45, 7) is 7.51. The molecule has 7 fully saturated rings. The van der Waals surface area contributed by atoms with Crippen LogP contribution in [0, 0.1) is 41.4 Å². The van der Waals surface area contributed by atoms with E-state index in [1.807, 2.05) is 20.8 Å². The molecule has 3 aliphatic heterocycles. The highest BCUT2D eigenvalue weighted by molar-refractivity contribution is 6.21. The van der Waals surface area contributed by atoms with E-state index in [2.05, 4.69) is 16.0 Å². The second-order valence-electron chi connectivity index (χ2n) is 31.4. The van der Waals surface area contributed by atoms with Crippen molar-refractivity contribution in [1.82, 2.24) is 60.0 Å². The number of amides is 12. The number of ether oxygens (including phenoxy) is 1. The van der Waals surface area contributed by atoms with Gasteiger partial charge in [-0.2, -0.15) is 26.3 Å². The molecule has 7 aliphatic rings. The van der Waals surface area contributed by atoms with Crippen LogP contribution in [0.25, 0.3) is 0 Å². The number of morpholine rings is 1. The van der Waals surface area contributed by atoms with Gasteiger partial charge in [-0.15, -0.1) is 11.6 Å². The zero-order valence-electron chi connectivity index (χ0n) is 63.3. The highest BCUT2D eigenvalue weighted by Gasteiger charge is 2.52. The molecule has 105 heavy (non-hydrogen) atoms. The van der Waals surface area contributed by atoms with Crippen molar-refractivity contribution in [2.75, 3.05) is 101 Å². The van der Waals surface area contributed by atoms with Crippen LogP contribution in [0.1, 0.15) is 182 Å². The largest absolute Gasteiger partial charge is 0.393 e. The van der Waals surface area contributed by atoms with Gasteiger partial charge >= 0.3 is 12.4 Å². The van der Waals surface area contributed by atoms with Crippen LogP contribution in [0.3, 0.4) is 0 Å². The fraction of sp³-hybridized carbons (Fsp3) is 0.836. The number of carbonyl (C=O) groups is 12. The lowest BCUT2D eigenvalue weighted by Gasteiger charge is -2.44. The van der Waals surface area contributed by atoms with Crippen molar-refractivity contribution < 1.29 is 88.6 Å². The smallest absolute Gasteiger partial charge is 0.378 e. The fourth-order valence-corrected chi connectivity index (χ4v) is 17.3. The molecule has 12 amide bonds. The number of hydrogen-bond donors (Lipinski definition) is 3. The third-order valence-electron chi connectivity index (χ3n) is 23.5. The monoisotopic (exact) mass is 1520 g/mol. The molecule has 0 aromatic carbocycles. The molecule has 25 nitrogen and oxygen atoms in total. The van der Waals surface area contributed by atoms with Crippen LogP contribution in [-0.2, 0) is 62.3 Å². The Labute approximate surface area is 619 Å². The quantitative estimate of drug-likeness (QED) is 0.139. The Morgan fingerprint density at radius 2 is 1.22 bits per heavy atom. The van der Waals surface area contributed by atoms with Crippen LogP contribution in [0.5, 0.6) is 0 Å². The van der Waals surface area contributed by atoms with E-state index in [-0.39, 0.29) is 142 Å². The first-order valence-electron chi connectivity index (χ1n) is 38.0. The highest BCUT2D eigenvalue weighted by Crippen LogP contribution is 2.45. The van der Waals surface area contributed by atoms with Crippen molar-refractivity contribution in [1.29, 1.82) is 0 Å². The lowest BCUT2D eigenvalue weighted by Crippen LogP contribution is -2.65. The SMILES string of the molecule is CCCN1C(=O)CN(C)C(=O)[C@@H]2CCN2C(=O)[C@H]([C@@H](C)CC)NC(=O)[C@H](CC(C)C)N(C)C(=O)C[C@@H](C(=O)N2CCOCC2)N(C)C(=O)[C@H](C2CCCC2)N(C)C(=O)C2(CCCC2)NC(=O)CN(C)C(=O)[C@H](CCC2CCC(C(F)(F)F)C(Cl)C2)NC(=O)CN(C)C(=O)[C@@H]1CC1CCC(C(F)(F)F)CC1. The molecule has 0 radical (unpaired) electrons. The summed E-state index contributed by atoms with van der Waals surface area (Å²) in [6.07, 6.45) is -5.99. The van der Waals surface area contributed by atoms with Gasteiger partial charge in [-0.3, -0.25) is 57.5 Å². The molecular weight excluding hydrogens is 1400 g/mol. The number of likely N-dealkylation sites (N-methyl/N-ethyl adjacent to an activating group) is 6. The summed E-state index contributed by atoms with van der Waals surface area (Å²) in [5, 5.41) is 7.25. The minimum atomic E-state index is -4.56. The van der Waals surface area contributed by atoms with Gasteiger partial charge in [0.1, 0.15) is 47.8 Å². The van der Waals surface area contributed by atoms with Crippen molar-refractivity contribution >= 4 is 82.5 Å². The molecule has 594 valence electrons. The van der Waals surface area contributed by atoms with Crippen LogP contribution < -0.4 is 16.0 Å². The molecule has 0 bridgehead atoms.